The maximum absolute atomic E-state index is 11.2. The van der Waals surface area contributed by atoms with E-state index in [-0.39, 0.29) is 0 Å². The van der Waals surface area contributed by atoms with E-state index in [0.29, 0.717) is 36.2 Å². The Morgan fingerprint density at radius 1 is 1.05 bits per heavy atom. The van der Waals surface area contributed by atoms with Gasteiger partial charge in [-0.3, -0.25) is 9.59 Å². The Balaban J connectivity index is 0.000000200. The molecule has 0 aliphatic carbocycles. The van der Waals surface area contributed by atoms with Crippen LogP contribution in [0.1, 0.15) is 60.3 Å². The summed E-state index contributed by atoms with van der Waals surface area (Å²) in [5, 5.41) is 0. The standard InChI is InChI=1S/2C8H15NO/c1-6(2)4-8(10)9-5-7(9)3;1-3-4-5-8(10)9-6-7(9)2/h6-7H,4-5H2,1-3H3;7H,3-6H2,1-2H3. The molecule has 0 aromatic rings. The highest BCUT2D eigenvalue weighted by Crippen LogP contribution is 2.19. The van der Waals surface area contributed by atoms with Crippen LogP contribution < -0.4 is 0 Å². The summed E-state index contributed by atoms with van der Waals surface area (Å²) in [5.74, 6) is 1.16. The molecule has 0 radical (unpaired) electrons. The minimum Gasteiger partial charge on any atom is -0.336 e. The molecule has 116 valence electrons. The van der Waals surface area contributed by atoms with Crippen LogP contribution in [0.25, 0.3) is 0 Å². The van der Waals surface area contributed by atoms with Gasteiger partial charge >= 0.3 is 0 Å². The minimum absolute atomic E-state index is 0.322. The molecule has 0 aromatic carbocycles. The van der Waals surface area contributed by atoms with E-state index in [4.69, 9.17) is 0 Å². The van der Waals surface area contributed by atoms with Gasteiger partial charge in [0.15, 0.2) is 0 Å². The smallest absolute Gasteiger partial charge is 0.223 e. The van der Waals surface area contributed by atoms with E-state index in [0.717, 1.165) is 32.4 Å². The molecule has 0 N–H and O–H groups in total. The number of unbranched alkanes of at least 4 members (excludes halogenated alkanes) is 1. The molecule has 2 fully saturated rings. The topological polar surface area (TPSA) is 40.2 Å². The number of rotatable bonds is 5. The average molecular weight is 282 g/mol. The maximum atomic E-state index is 11.2. The number of carbonyl (C=O) groups excluding carboxylic acids is 2. The van der Waals surface area contributed by atoms with Crippen LogP contribution in [0.2, 0.25) is 0 Å². The lowest BCUT2D eigenvalue weighted by Crippen LogP contribution is -2.14. The second-order valence-corrected chi connectivity index (χ2v) is 6.49. The first-order valence-electron chi connectivity index (χ1n) is 7.95. The molecule has 4 heteroatoms. The normalized spacial score (nSPS) is 23.3. The third kappa shape index (κ3) is 5.93. The molecule has 0 saturated carbocycles. The van der Waals surface area contributed by atoms with Crippen molar-refractivity contribution in [2.45, 2.75) is 72.4 Å². The van der Waals surface area contributed by atoms with Crippen LogP contribution in [0.3, 0.4) is 0 Å². The summed E-state index contributed by atoms with van der Waals surface area (Å²) in [5.41, 5.74) is 0. The number of hydrogen-bond acceptors (Lipinski definition) is 2. The van der Waals surface area contributed by atoms with Crippen molar-refractivity contribution in [3.05, 3.63) is 0 Å². The second-order valence-electron chi connectivity index (χ2n) is 6.49. The Bertz CT molecular complexity index is 341. The van der Waals surface area contributed by atoms with Crippen molar-refractivity contribution in [3.8, 4) is 0 Å². The van der Waals surface area contributed by atoms with Gasteiger partial charge in [0, 0.05) is 38.0 Å². The van der Waals surface area contributed by atoms with Gasteiger partial charge in [-0.25, -0.2) is 0 Å². The molecule has 20 heavy (non-hydrogen) atoms. The highest BCUT2D eigenvalue weighted by Gasteiger charge is 2.33. The highest BCUT2D eigenvalue weighted by molar-refractivity contribution is 5.79. The lowest BCUT2D eigenvalue weighted by atomic mass is 10.1. The summed E-state index contributed by atoms with van der Waals surface area (Å²) >= 11 is 0. The number of nitrogens with zero attached hydrogens (tertiary/aromatic N) is 2. The van der Waals surface area contributed by atoms with Crippen molar-refractivity contribution in [3.63, 3.8) is 0 Å². The van der Waals surface area contributed by atoms with E-state index in [1.165, 1.54) is 0 Å². The van der Waals surface area contributed by atoms with Gasteiger partial charge in [0.1, 0.15) is 0 Å². The van der Waals surface area contributed by atoms with Crippen LogP contribution >= 0.6 is 0 Å². The third-order valence-corrected chi connectivity index (χ3v) is 3.69. The van der Waals surface area contributed by atoms with Crippen LogP contribution in [-0.4, -0.2) is 46.8 Å². The molecule has 2 aliphatic heterocycles. The third-order valence-electron chi connectivity index (χ3n) is 3.69. The fourth-order valence-electron chi connectivity index (χ4n) is 2.11. The van der Waals surface area contributed by atoms with Crippen molar-refractivity contribution in [1.29, 1.82) is 0 Å². The summed E-state index contributed by atoms with van der Waals surface area (Å²) in [6.45, 7) is 12.4. The Kier molecular flexibility index (Phi) is 6.50. The van der Waals surface area contributed by atoms with Crippen LogP contribution in [0, 0.1) is 5.92 Å². The fraction of sp³-hybridized carbons (Fsp3) is 0.875. The fourth-order valence-corrected chi connectivity index (χ4v) is 2.11. The van der Waals surface area contributed by atoms with E-state index >= 15 is 0 Å². The largest absolute Gasteiger partial charge is 0.336 e. The molecule has 0 spiro atoms. The second kappa shape index (κ2) is 7.65. The monoisotopic (exact) mass is 282 g/mol. The van der Waals surface area contributed by atoms with Crippen molar-refractivity contribution in [1.82, 2.24) is 9.80 Å². The Labute approximate surface area is 123 Å². The van der Waals surface area contributed by atoms with Crippen molar-refractivity contribution < 1.29 is 9.59 Å². The summed E-state index contributed by atoms with van der Waals surface area (Å²) in [4.78, 5) is 26.1. The van der Waals surface area contributed by atoms with Crippen molar-refractivity contribution in [2.24, 2.45) is 5.92 Å². The summed E-state index contributed by atoms with van der Waals surface area (Å²) in [6, 6.07) is 1.05. The number of hydrogen-bond donors (Lipinski definition) is 0. The molecule has 2 rings (SSSR count). The molecule has 2 unspecified atom stereocenters. The first-order chi connectivity index (χ1) is 9.36. The van der Waals surface area contributed by atoms with Gasteiger partial charge in [0.25, 0.3) is 0 Å². The quantitative estimate of drug-likeness (QED) is 0.727. The first-order valence-corrected chi connectivity index (χ1v) is 7.95. The van der Waals surface area contributed by atoms with E-state index < -0.39 is 0 Å². The SMILES string of the molecule is CC(C)CC(=O)N1CC1C.CCCCC(=O)N1CC1C. The summed E-state index contributed by atoms with van der Waals surface area (Å²) in [6.07, 6.45) is 3.63. The van der Waals surface area contributed by atoms with E-state index in [2.05, 4.69) is 34.6 Å². The van der Waals surface area contributed by atoms with Crippen LogP contribution in [0.4, 0.5) is 0 Å². The molecular weight excluding hydrogens is 252 g/mol. The van der Waals surface area contributed by atoms with E-state index in [1.54, 1.807) is 0 Å². The highest BCUT2D eigenvalue weighted by atomic mass is 16.2. The number of carbonyl (C=O) groups is 2. The van der Waals surface area contributed by atoms with Crippen LogP contribution in [0.5, 0.6) is 0 Å². The minimum atomic E-state index is 0.322. The predicted molar refractivity (Wildman–Crippen MR) is 81.3 cm³/mol. The van der Waals surface area contributed by atoms with Crippen molar-refractivity contribution >= 4 is 11.8 Å². The summed E-state index contributed by atoms with van der Waals surface area (Å²) < 4.78 is 0. The van der Waals surface area contributed by atoms with Gasteiger partial charge in [-0.1, -0.05) is 27.2 Å². The van der Waals surface area contributed by atoms with Gasteiger partial charge in [-0.05, 0) is 26.2 Å². The molecule has 2 heterocycles. The van der Waals surface area contributed by atoms with Gasteiger partial charge in [0.2, 0.25) is 11.8 Å². The molecule has 2 atom stereocenters. The molecule has 0 bridgehead atoms. The zero-order valence-corrected chi connectivity index (χ0v) is 13.7. The zero-order valence-electron chi connectivity index (χ0n) is 13.7. The molecule has 2 aliphatic rings. The van der Waals surface area contributed by atoms with Gasteiger partial charge in [-0.2, -0.15) is 0 Å². The van der Waals surface area contributed by atoms with Gasteiger partial charge < -0.3 is 9.80 Å². The molecule has 0 aromatic heterocycles. The Morgan fingerprint density at radius 2 is 1.50 bits per heavy atom. The maximum Gasteiger partial charge on any atom is 0.223 e. The average Bonchev–Trinajstić information content (AvgIpc) is 3.25. The lowest BCUT2D eigenvalue weighted by molar-refractivity contribution is -0.127. The van der Waals surface area contributed by atoms with Gasteiger partial charge in [0.05, 0.1) is 0 Å². The first kappa shape index (κ1) is 17.0. The molecular formula is C16H30N2O2. The zero-order chi connectivity index (χ0) is 15.3. The molecule has 2 saturated heterocycles. The predicted octanol–water partition coefficient (Wildman–Crippen LogP) is 2.67. The van der Waals surface area contributed by atoms with Crippen LogP contribution in [-0.2, 0) is 9.59 Å². The Morgan fingerprint density at radius 3 is 1.85 bits per heavy atom. The molecule has 2 amide bonds. The molecule has 4 nitrogen and oxygen atoms in total. The van der Waals surface area contributed by atoms with E-state index in [1.807, 2.05) is 9.80 Å². The Hall–Kier alpha value is -1.06. The van der Waals surface area contributed by atoms with Crippen molar-refractivity contribution in [2.75, 3.05) is 13.1 Å². The number of amides is 2. The summed E-state index contributed by atoms with van der Waals surface area (Å²) in [7, 11) is 0. The van der Waals surface area contributed by atoms with Crippen LogP contribution in [0.15, 0.2) is 0 Å². The van der Waals surface area contributed by atoms with E-state index in [9.17, 15) is 9.59 Å². The van der Waals surface area contributed by atoms with Gasteiger partial charge in [-0.15, -0.1) is 0 Å². The lowest BCUT2D eigenvalue weighted by Gasteiger charge is -2.04.